The lowest BCUT2D eigenvalue weighted by atomic mass is 9.78. The molecule has 0 atom stereocenters. The topological polar surface area (TPSA) is 0 Å². The molecule has 3 aliphatic rings. The van der Waals surface area contributed by atoms with E-state index in [0.717, 1.165) is 0 Å². The van der Waals surface area contributed by atoms with Crippen LogP contribution in [0.25, 0.3) is 99.4 Å². The summed E-state index contributed by atoms with van der Waals surface area (Å²) in [6.45, 7) is 16.5. The summed E-state index contributed by atoms with van der Waals surface area (Å²) in [5.41, 5.74) is 25.5. The van der Waals surface area contributed by atoms with Crippen LogP contribution in [-0.2, 0) is 16.2 Å². The molecule has 0 nitrogen and oxygen atoms in total. The number of fused-ring (bicyclic) bond motifs is 10. The Balaban J connectivity index is 0.856. The third-order valence-electron chi connectivity index (χ3n) is 14.6. The number of hydrogen-bond acceptors (Lipinski definition) is 0. The molecule has 0 heterocycles. The Hall–Kier alpha value is -6.50. The predicted octanol–water partition coefficient (Wildman–Crippen LogP) is 16.6. The molecule has 0 N–H and O–H groups in total. The van der Waals surface area contributed by atoms with Gasteiger partial charge in [-0.15, -0.1) is 0 Å². The van der Waals surface area contributed by atoms with Crippen LogP contribution in [0.4, 0.5) is 0 Å². The second kappa shape index (κ2) is 12.0. The largest absolute Gasteiger partial charge is 0.0616 e. The summed E-state index contributed by atoms with van der Waals surface area (Å²) in [7, 11) is 0. The Bertz CT molecular complexity index is 3270. The van der Waals surface area contributed by atoms with Gasteiger partial charge in [-0.05, 0) is 163 Å². The average molecular weight is 769 g/mol. The van der Waals surface area contributed by atoms with Crippen molar-refractivity contribution in [2.75, 3.05) is 0 Å². The van der Waals surface area contributed by atoms with Crippen LogP contribution in [0.3, 0.4) is 0 Å². The molecular weight excluding hydrogens is 721 g/mol. The van der Waals surface area contributed by atoms with Gasteiger partial charge in [0.15, 0.2) is 0 Å². The van der Waals surface area contributed by atoms with Gasteiger partial charge in [0.2, 0.25) is 0 Å². The van der Waals surface area contributed by atoms with E-state index in [0.29, 0.717) is 0 Å². The molecule has 9 aromatic carbocycles. The molecule has 0 aromatic heterocycles. The minimum absolute atomic E-state index is 0.0548. The van der Waals surface area contributed by atoms with Gasteiger partial charge in [0.05, 0.1) is 0 Å². The molecule has 0 heteroatoms. The smallest absolute Gasteiger partial charge is 0.0159 e. The van der Waals surface area contributed by atoms with Crippen LogP contribution in [0.2, 0.25) is 0 Å². The Kier molecular flexibility index (Phi) is 7.12. The standard InChI is InChI=1S/C60H48/c1-58(2,3)42-22-26-47-46-25-21-41(33-55(46)60(6,7)56(47)34-42)40-20-24-45-44-23-19-39(31-53(44)59(4,5)54(45)32-40)35-15-17-36(18-16-35)43-27-28-50-52-30-38-12-9-8-11-37(38)29-51(52)49-14-10-13-48(43)57(49)50/h8-34H,1-7H3. The maximum absolute atomic E-state index is 2.47. The molecule has 0 fully saturated rings. The molecule has 3 aliphatic carbocycles. The molecule has 0 saturated carbocycles. The highest BCUT2D eigenvalue weighted by Gasteiger charge is 2.38. The SMILES string of the molecule is CC(C)(C)c1ccc2c(c1)C(C)(C)c1cc(-c3ccc4c(c3)C(C)(C)c3cc(-c5ccc(-c6ccc7c8c(cccc68)-c6cc8ccccc8cc6-7)cc5)ccc3-4)ccc1-2. The summed E-state index contributed by atoms with van der Waals surface area (Å²) >= 11 is 0. The highest BCUT2D eigenvalue weighted by molar-refractivity contribution is 6.20. The Morgan fingerprint density at radius 2 is 0.733 bits per heavy atom. The van der Waals surface area contributed by atoms with E-state index < -0.39 is 0 Å². The van der Waals surface area contributed by atoms with Gasteiger partial charge in [0, 0.05) is 10.8 Å². The Labute approximate surface area is 354 Å². The fraction of sp³-hybridized carbons (Fsp3) is 0.167. The normalized spacial score (nSPS) is 14.8. The van der Waals surface area contributed by atoms with E-state index >= 15 is 0 Å². The molecule has 288 valence electrons. The molecule has 0 saturated heterocycles. The molecule has 9 aromatic rings. The van der Waals surface area contributed by atoms with E-state index in [1.807, 2.05) is 0 Å². The van der Waals surface area contributed by atoms with Gasteiger partial charge in [0.1, 0.15) is 0 Å². The fourth-order valence-corrected chi connectivity index (χ4v) is 11.1. The van der Waals surface area contributed by atoms with Gasteiger partial charge in [-0.25, -0.2) is 0 Å². The molecule has 0 amide bonds. The van der Waals surface area contributed by atoms with Crippen molar-refractivity contribution < 1.29 is 0 Å². The van der Waals surface area contributed by atoms with Gasteiger partial charge in [-0.3, -0.25) is 0 Å². The maximum Gasteiger partial charge on any atom is 0.0159 e. The van der Waals surface area contributed by atoms with Crippen LogP contribution in [0.1, 0.15) is 76.3 Å². The Morgan fingerprint density at radius 1 is 0.317 bits per heavy atom. The van der Waals surface area contributed by atoms with Crippen molar-refractivity contribution in [3.8, 4) is 77.9 Å². The quantitative estimate of drug-likeness (QED) is 0.168. The highest BCUT2D eigenvalue weighted by atomic mass is 14.4. The van der Waals surface area contributed by atoms with Gasteiger partial charge >= 0.3 is 0 Å². The van der Waals surface area contributed by atoms with Crippen molar-refractivity contribution in [1.29, 1.82) is 0 Å². The second-order valence-electron chi connectivity index (χ2n) is 19.8. The Morgan fingerprint density at radius 3 is 1.27 bits per heavy atom. The minimum Gasteiger partial charge on any atom is -0.0616 e. The fourth-order valence-electron chi connectivity index (χ4n) is 11.1. The first-order valence-corrected chi connectivity index (χ1v) is 21.7. The zero-order valence-corrected chi connectivity index (χ0v) is 35.6. The molecule has 0 bridgehead atoms. The lowest BCUT2D eigenvalue weighted by Gasteiger charge is -2.25. The van der Waals surface area contributed by atoms with Crippen molar-refractivity contribution in [2.45, 2.75) is 64.7 Å². The lowest BCUT2D eigenvalue weighted by Crippen LogP contribution is -2.17. The van der Waals surface area contributed by atoms with Crippen molar-refractivity contribution in [1.82, 2.24) is 0 Å². The number of rotatable bonds is 3. The van der Waals surface area contributed by atoms with Crippen LogP contribution < -0.4 is 0 Å². The number of hydrogen-bond donors (Lipinski definition) is 0. The average Bonchev–Trinajstić information content (AvgIpc) is 3.78. The van der Waals surface area contributed by atoms with Crippen molar-refractivity contribution in [2.24, 2.45) is 0 Å². The van der Waals surface area contributed by atoms with Gasteiger partial charge < -0.3 is 0 Å². The van der Waals surface area contributed by atoms with Crippen LogP contribution in [0.15, 0.2) is 164 Å². The van der Waals surface area contributed by atoms with E-state index in [-0.39, 0.29) is 16.2 Å². The summed E-state index contributed by atoms with van der Waals surface area (Å²) < 4.78 is 0. The maximum atomic E-state index is 2.47. The molecule has 0 unspecified atom stereocenters. The van der Waals surface area contributed by atoms with E-state index in [4.69, 9.17) is 0 Å². The first-order valence-electron chi connectivity index (χ1n) is 21.7. The van der Waals surface area contributed by atoms with Gasteiger partial charge in [-0.1, -0.05) is 182 Å². The molecule has 60 heavy (non-hydrogen) atoms. The monoisotopic (exact) mass is 768 g/mol. The molecule has 12 rings (SSSR count). The summed E-state index contributed by atoms with van der Waals surface area (Å²) in [6.07, 6.45) is 0. The van der Waals surface area contributed by atoms with Crippen molar-refractivity contribution in [3.05, 3.63) is 192 Å². The molecular formula is C60H48. The third kappa shape index (κ3) is 4.91. The first kappa shape index (κ1) is 35.4. The van der Waals surface area contributed by atoms with Crippen LogP contribution >= 0.6 is 0 Å². The summed E-state index contributed by atoms with van der Waals surface area (Å²) in [4.78, 5) is 0. The van der Waals surface area contributed by atoms with E-state index in [9.17, 15) is 0 Å². The van der Waals surface area contributed by atoms with Crippen LogP contribution in [0, 0.1) is 0 Å². The zero-order valence-electron chi connectivity index (χ0n) is 35.6. The first-order chi connectivity index (χ1) is 28.9. The third-order valence-corrected chi connectivity index (χ3v) is 14.6. The van der Waals surface area contributed by atoms with E-state index in [1.54, 1.807) is 0 Å². The van der Waals surface area contributed by atoms with E-state index in [2.05, 4.69) is 212 Å². The summed E-state index contributed by atoms with van der Waals surface area (Å²) in [6, 6.07) is 62.8. The van der Waals surface area contributed by atoms with Crippen LogP contribution in [-0.4, -0.2) is 0 Å². The van der Waals surface area contributed by atoms with E-state index in [1.165, 1.54) is 127 Å². The lowest BCUT2D eigenvalue weighted by molar-refractivity contribution is 0.584. The predicted molar refractivity (Wildman–Crippen MR) is 256 cm³/mol. The summed E-state index contributed by atoms with van der Waals surface area (Å²) in [5, 5.41) is 5.27. The van der Waals surface area contributed by atoms with Gasteiger partial charge in [-0.2, -0.15) is 0 Å². The molecule has 0 radical (unpaired) electrons. The van der Waals surface area contributed by atoms with Crippen LogP contribution in [0.5, 0.6) is 0 Å². The molecule has 0 spiro atoms. The number of benzene rings is 9. The van der Waals surface area contributed by atoms with Crippen molar-refractivity contribution >= 4 is 21.5 Å². The van der Waals surface area contributed by atoms with Gasteiger partial charge in [0.25, 0.3) is 0 Å². The second-order valence-corrected chi connectivity index (χ2v) is 19.8. The summed E-state index contributed by atoms with van der Waals surface area (Å²) in [5.74, 6) is 0. The highest BCUT2D eigenvalue weighted by Crippen LogP contribution is 2.54. The van der Waals surface area contributed by atoms with Crippen molar-refractivity contribution in [3.63, 3.8) is 0 Å². The zero-order chi connectivity index (χ0) is 40.9. The molecule has 0 aliphatic heterocycles. The minimum atomic E-state index is -0.125.